The van der Waals surface area contributed by atoms with Gasteiger partial charge >= 0.3 is 0 Å². The lowest BCUT2D eigenvalue weighted by Gasteiger charge is -2.20. The molecule has 8 nitrogen and oxygen atoms in total. The molecule has 12 heteroatoms. The van der Waals surface area contributed by atoms with Crippen LogP contribution in [0.4, 0.5) is 10.1 Å². The van der Waals surface area contributed by atoms with Gasteiger partial charge in [-0.05, 0) is 37.1 Å². The van der Waals surface area contributed by atoms with E-state index in [9.17, 15) is 17.6 Å². The maximum absolute atomic E-state index is 13.2. The third-order valence-electron chi connectivity index (χ3n) is 4.62. The molecule has 0 atom stereocenters. The van der Waals surface area contributed by atoms with Crippen LogP contribution in [0.3, 0.4) is 0 Å². The second kappa shape index (κ2) is 8.42. The fourth-order valence-electron chi connectivity index (χ4n) is 2.76. The molecule has 2 heterocycles. The van der Waals surface area contributed by atoms with Gasteiger partial charge in [0, 0.05) is 22.5 Å². The van der Waals surface area contributed by atoms with Gasteiger partial charge in [0.2, 0.25) is 17.6 Å². The van der Waals surface area contributed by atoms with E-state index in [0.717, 1.165) is 36.7 Å². The van der Waals surface area contributed by atoms with E-state index < -0.39 is 28.3 Å². The third kappa shape index (κ3) is 4.53. The lowest BCUT2D eigenvalue weighted by atomic mass is 9.85. The number of benzene rings is 1. The van der Waals surface area contributed by atoms with Crippen LogP contribution in [0.5, 0.6) is 0 Å². The molecule has 3 aromatic rings. The molecular weight excluding hydrogens is 455 g/mol. The van der Waals surface area contributed by atoms with E-state index in [2.05, 4.69) is 20.2 Å². The molecule has 1 aliphatic carbocycles. The van der Waals surface area contributed by atoms with Crippen LogP contribution in [-0.2, 0) is 14.8 Å². The SMILES string of the molecule is O=C(CNS(=O)(=O)c1cc(-c2noc(C3CCC3)n2)cs1)Nc1ccc(F)c(Cl)c1. The van der Waals surface area contributed by atoms with Gasteiger partial charge in [0.15, 0.2) is 0 Å². The Hall–Kier alpha value is -2.34. The number of nitrogens with one attached hydrogen (secondary N) is 2. The summed E-state index contributed by atoms with van der Waals surface area (Å²) in [5.41, 5.74) is 0.781. The molecule has 0 unspecified atom stereocenters. The van der Waals surface area contributed by atoms with Gasteiger partial charge in [0.25, 0.3) is 10.0 Å². The van der Waals surface area contributed by atoms with Crippen LogP contribution in [0.1, 0.15) is 31.1 Å². The third-order valence-corrected chi connectivity index (χ3v) is 7.75. The number of amides is 1. The molecule has 4 rings (SSSR count). The number of thiophene rings is 1. The molecule has 1 saturated carbocycles. The fourth-order valence-corrected chi connectivity index (χ4v) is 5.12. The van der Waals surface area contributed by atoms with Crippen LogP contribution in [0, 0.1) is 5.82 Å². The van der Waals surface area contributed by atoms with Crippen LogP contribution in [0.2, 0.25) is 5.02 Å². The molecule has 0 spiro atoms. The second-order valence-electron chi connectivity index (χ2n) is 6.74. The maximum atomic E-state index is 13.2. The number of aromatic nitrogens is 2. The number of hydrogen-bond donors (Lipinski definition) is 2. The van der Waals surface area contributed by atoms with E-state index in [1.54, 1.807) is 5.38 Å². The minimum absolute atomic E-state index is 0.0186. The quantitative estimate of drug-likeness (QED) is 0.543. The standard InChI is InChI=1S/C18H16ClFN4O4S2/c19-13-7-12(4-5-14(13)20)22-15(25)8-21-30(26,27)16-6-11(9-29-16)17-23-18(28-24-17)10-2-1-3-10/h4-7,9-10,21H,1-3,8H2,(H,22,25). The van der Waals surface area contributed by atoms with Crippen molar-refractivity contribution in [2.24, 2.45) is 0 Å². The lowest BCUT2D eigenvalue weighted by Crippen LogP contribution is -2.32. The van der Waals surface area contributed by atoms with Gasteiger partial charge in [-0.15, -0.1) is 11.3 Å². The molecular formula is C18H16ClFN4O4S2. The highest BCUT2D eigenvalue weighted by molar-refractivity contribution is 7.91. The predicted octanol–water partition coefficient (Wildman–Crippen LogP) is 3.78. The zero-order valence-electron chi connectivity index (χ0n) is 15.4. The summed E-state index contributed by atoms with van der Waals surface area (Å²) in [6, 6.07) is 5.09. The molecule has 2 aromatic heterocycles. The van der Waals surface area contributed by atoms with Crippen LogP contribution in [-0.4, -0.2) is 31.0 Å². The van der Waals surface area contributed by atoms with Gasteiger partial charge in [0.05, 0.1) is 11.6 Å². The zero-order valence-corrected chi connectivity index (χ0v) is 17.8. The molecule has 0 bridgehead atoms. The molecule has 1 aromatic carbocycles. The van der Waals surface area contributed by atoms with Gasteiger partial charge in [0.1, 0.15) is 10.0 Å². The largest absolute Gasteiger partial charge is 0.339 e. The highest BCUT2D eigenvalue weighted by Gasteiger charge is 2.26. The molecule has 0 saturated heterocycles. The van der Waals surface area contributed by atoms with Gasteiger partial charge in [-0.25, -0.2) is 17.5 Å². The maximum Gasteiger partial charge on any atom is 0.250 e. The Labute approximate surface area is 180 Å². The van der Waals surface area contributed by atoms with Crippen molar-refractivity contribution in [2.45, 2.75) is 29.4 Å². The summed E-state index contributed by atoms with van der Waals surface area (Å²) in [6.45, 7) is -0.501. The first-order chi connectivity index (χ1) is 14.3. The van der Waals surface area contributed by atoms with Crippen molar-refractivity contribution >= 4 is 44.6 Å². The molecule has 158 valence electrons. The molecule has 0 radical (unpaired) electrons. The monoisotopic (exact) mass is 470 g/mol. The summed E-state index contributed by atoms with van der Waals surface area (Å²) in [5.74, 6) is -0.0565. The summed E-state index contributed by atoms with van der Waals surface area (Å²) >= 11 is 6.64. The summed E-state index contributed by atoms with van der Waals surface area (Å²) in [4.78, 5) is 16.4. The molecule has 1 amide bonds. The van der Waals surface area contributed by atoms with Crippen LogP contribution < -0.4 is 10.0 Å². The lowest BCUT2D eigenvalue weighted by molar-refractivity contribution is -0.115. The summed E-state index contributed by atoms with van der Waals surface area (Å²) in [5, 5.41) is 7.83. The van der Waals surface area contributed by atoms with Gasteiger partial charge in [-0.3, -0.25) is 4.79 Å². The Morgan fingerprint density at radius 1 is 1.33 bits per heavy atom. The minimum atomic E-state index is -3.92. The molecule has 1 fully saturated rings. The number of hydrogen-bond acceptors (Lipinski definition) is 7. The Kier molecular flexibility index (Phi) is 5.87. The first-order valence-electron chi connectivity index (χ1n) is 8.99. The number of halogens is 2. The number of rotatable bonds is 7. The smallest absolute Gasteiger partial charge is 0.250 e. The average Bonchev–Trinajstić information content (AvgIpc) is 3.32. The molecule has 0 aliphatic heterocycles. The first kappa shape index (κ1) is 20.9. The van der Waals surface area contributed by atoms with Crippen LogP contribution in [0.25, 0.3) is 11.4 Å². The Morgan fingerprint density at radius 3 is 2.83 bits per heavy atom. The van der Waals surface area contributed by atoms with Crippen molar-refractivity contribution in [2.75, 3.05) is 11.9 Å². The minimum Gasteiger partial charge on any atom is -0.339 e. The van der Waals surface area contributed by atoms with E-state index in [0.29, 0.717) is 17.3 Å². The second-order valence-corrected chi connectivity index (χ2v) is 10.1. The van der Waals surface area contributed by atoms with Gasteiger partial charge < -0.3 is 9.84 Å². The van der Waals surface area contributed by atoms with E-state index in [1.165, 1.54) is 18.2 Å². The Bertz CT molecular complexity index is 1190. The summed E-state index contributed by atoms with van der Waals surface area (Å²) < 4.78 is 45.6. The summed E-state index contributed by atoms with van der Waals surface area (Å²) in [7, 11) is -3.92. The summed E-state index contributed by atoms with van der Waals surface area (Å²) in [6.07, 6.45) is 3.17. The van der Waals surface area contributed by atoms with E-state index in [1.807, 2.05) is 0 Å². The highest BCUT2D eigenvalue weighted by atomic mass is 35.5. The van der Waals surface area contributed by atoms with E-state index >= 15 is 0 Å². The highest BCUT2D eigenvalue weighted by Crippen LogP contribution is 2.36. The van der Waals surface area contributed by atoms with E-state index in [-0.39, 0.29) is 20.8 Å². The fraction of sp³-hybridized carbons (Fsp3) is 0.278. The van der Waals surface area contributed by atoms with E-state index in [4.69, 9.17) is 16.1 Å². The van der Waals surface area contributed by atoms with Gasteiger partial charge in [-0.2, -0.15) is 4.98 Å². The molecule has 1 aliphatic rings. The Balaban J connectivity index is 1.38. The topological polar surface area (TPSA) is 114 Å². The van der Waals surface area contributed by atoms with Crippen molar-refractivity contribution in [3.05, 3.63) is 46.4 Å². The van der Waals surface area contributed by atoms with Crippen molar-refractivity contribution in [1.29, 1.82) is 0 Å². The predicted molar refractivity (Wildman–Crippen MR) is 109 cm³/mol. The van der Waals surface area contributed by atoms with Crippen LogP contribution >= 0.6 is 22.9 Å². The molecule has 2 N–H and O–H groups in total. The number of nitrogens with zero attached hydrogens (tertiary/aromatic N) is 2. The average molecular weight is 471 g/mol. The number of sulfonamides is 1. The number of carbonyl (C=O) groups excluding carboxylic acids is 1. The van der Waals surface area contributed by atoms with Crippen molar-refractivity contribution in [3.63, 3.8) is 0 Å². The van der Waals surface area contributed by atoms with Gasteiger partial charge in [-0.1, -0.05) is 23.2 Å². The van der Waals surface area contributed by atoms with Crippen LogP contribution in [0.15, 0.2) is 38.4 Å². The number of carbonyl (C=O) groups is 1. The molecule has 30 heavy (non-hydrogen) atoms. The number of anilines is 1. The zero-order chi connectivity index (χ0) is 21.3. The Morgan fingerprint density at radius 2 is 2.13 bits per heavy atom. The van der Waals surface area contributed by atoms with Crippen molar-refractivity contribution < 1.29 is 22.1 Å². The normalized spacial score (nSPS) is 14.5. The van der Waals surface area contributed by atoms with Crippen molar-refractivity contribution in [3.8, 4) is 11.4 Å². The first-order valence-corrected chi connectivity index (χ1v) is 11.7. The van der Waals surface area contributed by atoms with Crippen molar-refractivity contribution in [1.82, 2.24) is 14.9 Å².